The topological polar surface area (TPSA) is 80.8 Å². The maximum absolute atomic E-state index is 12.7. The molecule has 0 bridgehead atoms. The lowest BCUT2D eigenvalue weighted by atomic mass is 10.2. The van der Waals surface area contributed by atoms with Crippen molar-refractivity contribution in [1.82, 2.24) is 15.2 Å². The minimum absolute atomic E-state index is 0.0148. The van der Waals surface area contributed by atoms with Gasteiger partial charge in [0.2, 0.25) is 5.91 Å². The maximum atomic E-state index is 12.7. The van der Waals surface area contributed by atoms with E-state index in [1.54, 1.807) is 12.0 Å². The lowest BCUT2D eigenvalue weighted by molar-refractivity contribution is -0.149. The van der Waals surface area contributed by atoms with Crippen LogP contribution in [0.2, 0.25) is 0 Å². The quantitative estimate of drug-likeness (QED) is 0.788. The molecule has 2 rings (SSSR count). The van der Waals surface area contributed by atoms with E-state index in [4.69, 9.17) is 9.47 Å². The molecule has 0 radical (unpaired) electrons. The van der Waals surface area contributed by atoms with Crippen LogP contribution in [0.4, 0.5) is 4.39 Å². The molecule has 0 aliphatic carbocycles. The Morgan fingerprint density at radius 3 is 3.09 bits per heavy atom. The number of carbonyl (C=O) groups excluding carboxylic acids is 2. The van der Waals surface area contributed by atoms with Crippen molar-refractivity contribution in [3.8, 4) is 0 Å². The number of amides is 2. The Kier molecular flexibility index (Phi) is 5.79. The molecule has 7 nitrogen and oxygen atoms in total. The van der Waals surface area contributed by atoms with E-state index in [1.807, 2.05) is 0 Å². The van der Waals surface area contributed by atoms with Crippen molar-refractivity contribution in [2.24, 2.45) is 0 Å². The number of ether oxygens (including phenoxy) is 2. The second-order valence-electron chi connectivity index (χ2n) is 4.84. The highest BCUT2D eigenvalue weighted by molar-refractivity contribution is 5.92. The minimum atomic E-state index is -0.500. The number of nitrogens with zero attached hydrogens (tertiary/aromatic N) is 2. The monoisotopic (exact) mass is 311 g/mol. The summed E-state index contributed by atoms with van der Waals surface area (Å²) in [5.41, 5.74) is 0.129. The molecule has 0 saturated carbocycles. The summed E-state index contributed by atoms with van der Waals surface area (Å²) < 4.78 is 23.1. The fraction of sp³-hybridized carbons (Fsp3) is 0.500. The zero-order valence-corrected chi connectivity index (χ0v) is 12.3. The van der Waals surface area contributed by atoms with Gasteiger partial charge in [0, 0.05) is 26.7 Å². The summed E-state index contributed by atoms with van der Waals surface area (Å²) in [7, 11) is 1.57. The Bertz CT molecular complexity index is 523. The molecule has 1 aromatic rings. The van der Waals surface area contributed by atoms with Crippen molar-refractivity contribution >= 4 is 11.8 Å². The number of aromatic nitrogens is 1. The number of rotatable bonds is 6. The number of methoxy groups -OCH3 is 1. The van der Waals surface area contributed by atoms with Gasteiger partial charge in [0.15, 0.2) is 0 Å². The summed E-state index contributed by atoms with van der Waals surface area (Å²) in [6, 6.07) is 2.48. The smallest absolute Gasteiger partial charge is 0.269 e. The van der Waals surface area contributed by atoms with Crippen LogP contribution in [0, 0.1) is 5.82 Å². The number of carbonyl (C=O) groups is 2. The van der Waals surface area contributed by atoms with Gasteiger partial charge in [0.1, 0.15) is 18.1 Å². The Morgan fingerprint density at radius 1 is 1.59 bits per heavy atom. The van der Waals surface area contributed by atoms with Crippen LogP contribution in [0.3, 0.4) is 0 Å². The van der Waals surface area contributed by atoms with Gasteiger partial charge in [-0.2, -0.15) is 0 Å². The molecule has 1 N–H and O–H groups in total. The molecule has 2 amide bonds. The van der Waals surface area contributed by atoms with Crippen LogP contribution >= 0.6 is 0 Å². The third-order valence-corrected chi connectivity index (χ3v) is 3.23. The zero-order valence-electron chi connectivity index (χ0n) is 12.3. The summed E-state index contributed by atoms with van der Waals surface area (Å²) in [6.07, 6.45) is 0.691. The molecule has 120 valence electrons. The summed E-state index contributed by atoms with van der Waals surface area (Å²) >= 11 is 0. The summed E-state index contributed by atoms with van der Waals surface area (Å²) in [4.78, 5) is 28.9. The van der Waals surface area contributed by atoms with Crippen molar-refractivity contribution in [2.45, 2.75) is 6.10 Å². The third kappa shape index (κ3) is 4.47. The van der Waals surface area contributed by atoms with Gasteiger partial charge in [0.25, 0.3) is 5.91 Å². The zero-order chi connectivity index (χ0) is 15.9. The molecular weight excluding hydrogens is 293 g/mol. The number of hydrogen-bond donors (Lipinski definition) is 1. The molecule has 8 heteroatoms. The Balaban J connectivity index is 1.82. The van der Waals surface area contributed by atoms with Crippen LogP contribution in [-0.4, -0.2) is 67.8 Å². The first-order valence-corrected chi connectivity index (χ1v) is 6.88. The molecule has 1 saturated heterocycles. The van der Waals surface area contributed by atoms with E-state index in [-0.39, 0.29) is 30.9 Å². The lowest BCUT2D eigenvalue weighted by Crippen LogP contribution is -2.51. The number of morpholine rings is 1. The van der Waals surface area contributed by atoms with E-state index in [0.717, 1.165) is 6.20 Å². The highest BCUT2D eigenvalue weighted by Crippen LogP contribution is 2.06. The molecule has 0 aromatic carbocycles. The first-order chi connectivity index (χ1) is 10.6. The van der Waals surface area contributed by atoms with E-state index in [2.05, 4.69) is 10.3 Å². The number of hydrogen-bond acceptors (Lipinski definition) is 5. The predicted molar refractivity (Wildman–Crippen MR) is 74.7 cm³/mol. The molecule has 1 aliphatic rings. The SMILES string of the molecule is COCCN1CC(CNC(=O)c2ccc(F)cn2)OCC1=O. The summed E-state index contributed by atoms with van der Waals surface area (Å²) in [6.45, 7) is 1.56. The van der Waals surface area contributed by atoms with Gasteiger partial charge in [-0.25, -0.2) is 9.37 Å². The fourth-order valence-electron chi connectivity index (χ4n) is 2.03. The summed E-state index contributed by atoms with van der Waals surface area (Å²) in [5.74, 6) is -1.01. The fourth-order valence-corrected chi connectivity index (χ4v) is 2.03. The Morgan fingerprint density at radius 2 is 2.41 bits per heavy atom. The first-order valence-electron chi connectivity index (χ1n) is 6.88. The molecule has 22 heavy (non-hydrogen) atoms. The van der Waals surface area contributed by atoms with Crippen LogP contribution < -0.4 is 5.32 Å². The van der Waals surface area contributed by atoms with Gasteiger partial charge in [-0.3, -0.25) is 9.59 Å². The van der Waals surface area contributed by atoms with Crippen molar-refractivity contribution in [1.29, 1.82) is 0 Å². The molecule has 2 heterocycles. The third-order valence-electron chi connectivity index (χ3n) is 3.23. The van der Waals surface area contributed by atoms with Crippen LogP contribution in [0.5, 0.6) is 0 Å². The predicted octanol–water partition coefficient (Wildman–Crippen LogP) is -0.176. The number of halogens is 1. The van der Waals surface area contributed by atoms with Gasteiger partial charge in [-0.05, 0) is 12.1 Å². The molecule has 1 aromatic heterocycles. The van der Waals surface area contributed by atoms with Crippen molar-refractivity contribution < 1.29 is 23.5 Å². The lowest BCUT2D eigenvalue weighted by Gasteiger charge is -2.32. The van der Waals surface area contributed by atoms with Crippen LogP contribution in [-0.2, 0) is 14.3 Å². The van der Waals surface area contributed by atoms with Gasteiger partial charge in [-0.15, -0.1) is 0 Å². The summed E-state index contributed by atoms with van der Waals surface area (Å²) in [5, 5.41) is 2.66. The largest absolute Gasteiger partial charge is 0.383 e. The average Bonchev–Trinajstić information content (AvgIpc) is 2.53. The molecule has 1 fully saturated rings. The molecule has 1 unspecified atom stereocenters. The first kappa shape index (κ1) is 16.3. The normalized spacial score (nSPS) is 18.4. The van der Waals surface area contributed by atoms with Gasteiger partial charge >= 0.3 is 0 Å². The van der Waals surface area contributed by atoms with Gasteiger partial charge in [0.05, 0.1) is 18.9 Å². The van der Waals surface area contributed by atoms with Gasteiger partial charge in [-0.1, -0.05) is 0 Å². The second kappa shape index (κ2) is 7.81. The van der Waals surface area contributed by atoms with Crippen molar-refractivity contribution in [3.63, 3.8) is 0 Å². The van der Waals surface area contributed by atoms with E-state index >= 15 is 0 Å². The molecular formula is C14H18FN3O4. The van der Waals surface area contributed by atoms with Crippen LogP contribution in [0.1, 0.15) is 10.5 Å². The maximum Gasteiger partial charge on any atom is 0.269 e. The highest BCUT2D eigenvalue weighted by atomic mass is 19.1. The number of nitrogens with one attached hydrogen (secondary N) is 1. The minimum Gasteiger partial charge on any atom is -0.383 e. The standard InChI is InChI=1S/C14H18FN3O4/c1-21-5-4-18-8-11(22-9-13(18)19)7-17-14(20)12-3-2-10(15)6-16-12/h2-3,6,11H,4-5,7-9H2,1H3,(H,17,20). The molecule has 0 spiro atoms. The second-order valence-corrected chi connectivity index (χ2v) is 4.84. The van der Waals surface area contributed by atoms with E-state index in [1.165, 1.54) is 12.1 Å². The van der Waals surface area contributed by atoms with E-state index in [0.29, 0.717) is 19.7 Å². The van der Waals surface area contributed by atoms with Crippen LogP contribution in [0.15, 0.2) is 18.3 Å². The van der Waals surface area contributed by atoms with Crippen molar-refractivity contribution in [3.05, 3.63) is 29.8 Å². The van der Waals surface area contributed by atoms with Crippen molar-refractivity contribution in [2.75, 3.05) is 40.0 Å². The highest BCUT2D eigenvalue weighted by Gasteiger charge is 2.26. The Hall–Kier alpha value is -2.06. The van der Waals surface area contributed by atoms with E-state index in [9.17, 15) is 14.0 Å². The van der Waals surface area contributed by atoms with Crippen LogP contribution in [0.25, 0.3) is 0 Å². The van der Waals surface area contributed by atoms with Gasteiger partial charge < -0.3 is 19.7 Å². The Labute approximate surface area is 127 Å². The molecule has 1 atom stereocenters. The number of pyridine rings is 1. The van der Waals surface area contributed by atoms with E-state index < -0.39 is 11.7 Å². The average molecular weight is 311 g/mol. The molecule has 1 aliphatic heterocycles.